The number of likely N-dealkylation sites (tertiary alicyclic amines) is 1. The van der Waals surface area contributed by atoms with Crippen LogP contribution in [-0.4, -0.2) is 42.1 Å². The Hall–Kier alpha value is -2.04. The van der Waals surface area contributed by atoms with Crippen molar-refractivity contribution in [3.63, 3.8) is 0 Å². The van der Waals surface area contributed by atoms with Crippen molar-refractivity contribution in [1.82, 2.24) is 10.2 Å². The van der Waals surface area contributed by atoms with Gasteiger partial charge < -0.3 is 15.0 Å². The Kier molecular flexibility index (Phi) is 3.74. The molecule has 4 rings (SSSR count). The van der Waals surface area contributed by atoms with Gasteiger partial charge in [-0.25, -0.2) is 4.79 Å². The molecule has 0 aromatic heterocycles. The van der Waals surface area contributed by atoms with E-state index in [-0.39, 0.29) is 17.9 Å². The normalized spacial score (nSPS) is 30.0. The van der Waals surface area contributed by atoms with E-state index in [9.17, 15) is 9.59 Å². The van der Waals surface area contributed by atoms with Crippen molar-refractivity contribution in [2.24, 2.45) is 5.92 Å². The largest absolute Gasteiger partial charge is 0.447 e. The zero-order chi connectivity index (χ0) is 16.7. The van der Waals surface area contributed by atoms with Crippen LogP contribution in [-0.2, 0) is 9.53 Å². The van der Waals surface area contributed by atoms with Crippen LogP contribution in [0.25, 0.3) is 0 Å². The van der Waals surface area contributed by atoms with Crippen molar-refractivity contribution in [3.8, 4) is 0 Å². The van der Waals surface area contributed by atoms with Crippen LogP contribution in [0.5, 0.6) is 0 Å². The SMILES string of the molecule is Cc1ccccc1C1CCN(C(=O)C2CCC23COC(=O)N3)CC1. The third kappa shape index (κ3) is 2.46. The number of benzene rings is 1. The summed E-state index contributed by atoms with van der Waals surface area (Å²) in [4.78, 5) is 26.2. The molecule has 1 aromatic carbocycles. The van der Waals surface area contributed by atoms with Crippen LogP contribution in [0.1, 0.15) is 42.7 Å². The van der Waals surface area contributed by atoms with Crippen LogP contribution in [0, 0.1) is 12.8 Å². The second-order valence-electron chi connectivity index (χ2n) is 7.40. The van der Waals surface area contributed by atoms with Crippen LogP contribution in [0.2, 0.25) is 0 Å². The van der Waals surface area contributed by atoms with Gasteiger partial charge in [-0.3, -0.25) is 4.79 Å². The summed E-state index contributed by atoms with van der Waals surface area (Å²) in [6.45, 7) is 4.11. The van der Waals surface area contributed by atoms with Crippen LogP contribution in [0.15, 0.2) is 24.3 Å². The van der Waals surface area contributed by atoms with E-state index in [1.165, 1.54) is 11.1 Å². The van der Waals surface area contributed by atoms with Gasteiger partial charge >= 0.3 is 6.09 Å². The molecule has 5 nitrogen and oxygen atoms in total. The van der Waals surface area contributed by atoms with Crippen molar-refractivity contribution >= 4 is 12.0 Å². The number of amides is 2. The molecule has 0 bridgehead atoms. The second kappa shape index (κ2) is 5.80. The summed E-state index contributed by atoms with van der Waals surface area (Å²) in [6, 6.07) is 8.55. The van der Waals surface area contributed by atoms with Gasteiger partial charge in [0.2, 0.25) is 5.91 Å². The lowest BCUT2D eigenvalue weighted by Crippen LogP contribution is -2.62. The Morgan fingerprint density at radius 3 is 2.58 bits per heavy atom. The highest BCUT2D eigenvalue weighted by atomic mass is 16.6. The minimum atomic E-state index is -0.430. The van der Waals surface area contributed by atoms with E-state index in [2.05, 4.69) is 36.5 Å². The topological polar surface area (TPSA) is 58.6 Å². The molecule has 3 fully saturated rings. The lowest BCUT2D eigenvalue weighted by Gasteiger charge is -2.46. The molecule has 1 aliphatic carbocycles. The van der Waals surface area contributed by atoms with Crippen molar-refractivity contribution in [3.05, 3.63) is 35.4 Å². The first-order valence-electron chi connectivity index (χ1n) is 8.88. The van der Waals surface area contributed by atoms with E-state index >= 15 is 0 Å². The van der Waals surface area contributed by atoms with Crippen LogP contribution >= 0.6 is 0 Å². The van der Waals surface area contributed by atoms with E-state index in [4.69, 9.17) is 4.74 Å². The summed E-state index contributed by atoms with van der Waals surface area (Å²) in [7, 11) is 0. The number of hydrogen-bond acceptors (Lipinski definition) is 3. The van der Waals surface area contributed by atoms with Gasteiger partial charge in [0.25, 0.3) is 0 Å². The maximum atomic E-state index is 12.9. The zero-order valence-electron chi connectivity index (χ0n) is 14.1. The summed E-state index contributed by atoms with van der Waals surface area (Å²) in [5.74, 6) is 0.620. The van der Waals surface area contributed by atoms with E-state index in [1.54, 1.807) is 0 Å². The van der Waals surface area contributed by atoms with Crippen molar-refractivity contribution in [2.45, 2.75) is 44.1 Å². The Labute approximate surface area is 142 Å². The molecule has 3 aliphatic rings. The molecule has 2 unspecified atom stereocenters. The highest BCUT2D eigenvalue weighted by molar-refractivity contribution is 5.84. The Morgan fingerprint density at radius 2 is 2.00 bits per heavy atom. The fourth-order valence-corrected chi connectivity index (χ4v) is 4.47. The molecule has 1 N–H and O–H groups in total. The van der Waals surface area contributed by atoms with E-state index in [0.29, 0.717) is 12.5 Å². The molecule has 128 valence electrons. The fraction of sp³-hybridized carbons (Fsp3) is 0.579. The van der Waals surface area contributed by atoms with Crippen LogP contribution < -0.4 is 5.32 Å². The number of alkyl carbamates (subject to hydrolysis) is 1. The number of cyclic esters (lactones) is 1. The number of rotatable bonds is 2. The molecule has 24 heavy (non-hydrogen) atoms. The standard InChI is InChI=1S/C19H24N2O3/c1-13-4-2-3-5-15(13)14-7-10-21(11-8-14)17(22)16-6-9-19(16)12-24-18(23)20-19/h2-5,14,16H,6-12H2,1H3,(H,20,23). The van der Waals surface area contributed by atoms with Gasteiger partial charge in [0, 0.05) is 13.1 Å². The Bertz CT molecular complexity index is 666. The molecular weight excluding hydrogens is 304 g/mol. The molecular formula is C19H24N2O3. The van der Waals surface area contributed by atoms with Gasteiger partial charge in [-0.15, -0.1) is 0 Å². The lowest BCUT2D eigenvalue weighted by atomic mass is 9.66. The molecule has 2 saturated heterocycles. The van der Waals surface area contributed by atoms with E-state index in [1.807, 2.05) is 4.90 Å². The Morgan fingerprint density at radius 1 is 1.25 bits per heavy atom. The second-order valence-corrected chi connectivity index (χ2v) is 7.40. The maximum Gasteiger partial charge on any atom is 0.407 e. The third-order valence-corrected chi connectivity index (χ3v) is 6.09. The number of nitrogens with one attached hydrogen (secondary N) is 1. The highest BCUT2D eigenvalue weighted by Crippen LogP contribution is 2.43. The number of piperidine rings is 1. The van der Waals surface area contributed by atoms with E-state index in [0.717, 1.165) is 38.8 Å². The zero-order valence-corrected chi connectivity index (χ0v) is 14.1. The quantitative estimate of drug-likeness (QED) is 0.908. The summed E-state index contributed by atoms with van der Waals surface area (Å²) in [5.41, 5.74) is 2.33. The summed E-state index contributed by atoms with van der Waals surface area (Å²) in [6.07, 6.45) is 3.33. The number of carbonyl (C=O) groups excluding carboxylic acids is 2. The van der Waals surface area contributed by atoms with Gasteiger partial charge in [-0.2, -0.15) is 0 Å². The molecule has 1 aromatic rings. The first-order chi connectivity index (χ1) is 11.6. The summed E-state index contributed by atoms with van der Waals surface area (Å²) >= 11 is 0. The predicted molar refractivity (Wildman–Crippen MR) is 89.7 cm³/mol. The van der Waals surface area contributed by atoms with Gasteiger partial charge in [-0.05, 0) is 49.7 Å². The number of aryl methyl sites for hydroxylation is 1. The summed E-state index contributed by atoms with van der Waals surface area (Å²) < 4.78 is 5.05. The third-order valence-electron chi connectivity index (χ3n) is 6.09. The first kappa shape index (κ1) is 15.5. The monoisotopic (exact) mass is 328 g/mol. The summed E-state index contributed by atoms with van der Waals surface area (Å²) in [5, 5.41) is 2.87. The molecule has 1 saturated carbocycles. The Balaban J connectivity index is 1.39. The van der Waals surface area contributed by atoms with Gasteiger partial charge in [-0.1, -0.05) is 24.3 Å². The van der Waals surface area contributed by atoms with Gasteiger partial charge in [0.05, 0.1) is 11.5 Å². The molecule has 1 spiro atoms. The number of carbonyl (C=O) groups is 2. The van der Waals surface area contributed by atoms with Crippen LogP contribution in [0.4, 0.5) is 4.79 Å². The minimum absolute atomic E-state index is 0.112. The van der Waals surface area contributed by atoms with Gasteiger partial charge in [0.1, 0.15) is 6.61 Å². The molecule has 2 atom stereocenters. The number of ether oxygens (including phenoxy) is 1. The average molecular weight is 328 g/mol. The predicted octanol–water partition coefficient (Wildman–Crippen LogP) is 2.59. The van der Waals surface area contributed by atoms with Crippen molar-refractivity contribution in [1.29, 1.82) is 0 Å². The van der Waals surface area contributed by atoms with Crippen molar-refractivity contribution < 1.29 is 14.3 Å². The average Bonchev–Trinajstić information content (AvgIpc) is 2.99. The fourth-order valence-electron chi connectivity index (χ4n) is 4.47. The molecule has 2 heterocycles. The van der Waals surface area contributed by atoms with E-state index < -0.39 is 5.54 Å². The van der Waals surface area contributed by atoms with Gasteiger partial charge in [0.15, 0.2) is 0 Å². The number of nitrogens with zero attached hydrogens (tertiary/aromatic N) is 1. The van der Waals surface area contributed by atoms with Crippen LogP contribution in [0.3, 0.4) is 0 Å². The highest BCUT2D eigenvalue weighted by Gasteiger charge is 2.56. The smallest absolute Gasteiger partial charge is 0.407 e. The lowest BCUT2D eigenvalue weighted by molar-refractivity contribution is -0.144. The maximum absolute atomic E-state index is 12.9. The minimum Gasteiger partial charge on any atom is -0.447 e. The molecule has 0 radical (unpaired) electrons. The van der Waals surface area contributed by atoms with Crippen molar-refractivity contribution in [2.75, 3.05) is 19.7 Å². The molecule has 5 heteroatoms. The molecule has 2 aliphatic heterocycles. The number of hydrogen-bond donors (Lipinski definition) is 1. The first-order valence-corrected chi connectivity index (χ1v) is 8.88. The molecule has 2 amide bonds.